The van der Waals surface area contributed by atoms with Gasteiger partial charge in [0, 0.05) is 45.2 Å². The Morgan fingerprint density at radius 1 is 0.880 bits per heavy atom. The summed E-state index contributed by atoms with van der Waals surface area (Å²) in [6, 6.07) is 0. The maximum atomic E-state index is 12.9. The van der Waals surface area contributed by atoms with Crippen LogP contribution in [-0.4, -0.2) is 79.3 Å². The van der Waals surface area contributed by atoms with Gasteiger partial charge in [-0.25, -0.2) is 0 Å². The molecule has 144 valence electrons. The molecule has 0 spiro atoms. The number of carbonyl (C=O) groups excluding carboxylic acids is 1. The lowest BCUT2D eigenvalue weighted by Crippen LogP contribution is -2.58. The molecule has 0 aromatic heterocycles. The molecule has 25 heavy (non-hydrogen) atoms. The minimum absolute atomic E-state index is 0.0901. The van der Waals surface area contributed by atoms with Crippen molar-refractivity contribution in [3.05, 3.63) is 0 Å². The molecule has 3 rings (SSSR count). The summed E-state index contributed by atoms with van der Waals surface area (Å²) in [6.07, 6.45) is 5.30. The molecule has 3 fully saturated rings. The van der Waals surface area contributed by atoms with Gasteiger partial charge in [0.25, 0.3) is 10.2 Å². The summed E-state index contributed by atoms with van der Waals surface area (Å²) in [5.74, 6) is 0.378. The summed E-state index contributed by atoms with van der Waals surface area (Å²) in [5, 5.41) is 0. The average Bonchev–Trinajstić information content (AvgIpc) is 2.61. The van der Waals surface area contributed by atoms with Gasteiger partial charge in [-0.05, 0) is 26.7 Å². The van der Waals surface area contributed by atoms with E-state index in [0.29, 0.717) is 39.3 Å². The van der Waals surface area contributed by atoms with Gasteiger partial charge < -0.3 is 9.64 Å². The van der Waals surface area contributed by atoms with E-state index in [4.69, 9.17) is 4.74 Å². The third-order valence-corrected chi connectivity index (χ3v) is 7.51. The van der Waals surface area contributed by atoms with Crippen molar-refractivity contribution in [1.29, 1.82) is 0 Å². The van der Waals surface area contributed by atoms with Crippen LogP contribution in [0.15, 0.2) is 0 Å². The number of rotatable bonds is 3. The predicted octanol–water partition coefficient (Wildman–Crippen LogP) is 1.06. The van der Waals surface area contributed by atoms with Gasteiger partial charge >= 0.3 is 0 Å². The van der Waals surface area contributed by atoms with Crippen LogP contribution in [0.25, 0.3) is 0 Å². The second-order valence-electron chi connectivity index (χ2n) is 7.64. The van der Waals surface area contributed by atoms with E-state index in [-0.39, 0.29) is 24.0 Å². The molecule has 0 radical (unpaired) electrons. The zero-order valence-corrected chi connectivity index (χ0v) is 16.2. The standard InChI is InChI=1S/C17H31N3O4S/c1-14-12-20(13-15(2)24-14)25(22,23)19-10-8-18(9-11-19)17(21)16-6-4-3-5-7-16/h14-16H,3-13H2,1-2H3/t14-,15-/m1/s1. The van der Waals surface area contributed by atoms with E-state index < -0.39 is 10.2 Å². The van der Waals surface area contributed by atoms with E-state index in [1.165, 1.54) is 15.0 Å². The van der Waals surface area contributed by atoms with Crippen molar-refractivity contribution in [1.82, 2.24) is 13.5 Å². The second kappa shape index (κ2) is 7.90. The lowest BCUT2D eigenvalue weighted by molar-refractivity contribution is -0.137. The van der Waals surface area contributed by atoms with Crippen LogP contribution in [0.4, 0.5) is 0 Å². The molecule has 3 aliphatic rings. The molecule has 7 nitrogen and oxygen atoms in total. The third kappa shape index (κ3) is 4.35. The highest BCUT2D eigenvalue weighted by molar-refractivity contribution is 7.86. The summed E-state index contributed by atoms with van der Waals surface area (Å²) in [6.45, 7) is 6.38. The quantitative estimate of drug-likeness (QED) is 0.742. The lowest BCUT2D eigenvalue weighted by atomic mass is 9.88. The Kier molecular flexibility index (Phi) is 6.03. The SMILES string of the molecule is C[C@@H]1CN(S(=O)(=O)N2CCN(C(=O)C3CCCCC3)CC2)C[C@@H](C)O1. The first-order valence-electron chi connectivity index (χ1n) is 9.57. The number of morpholine rings is 1. The molecule has 0 aromatic rings. The smallest absolute Gasteiger partial charge is 0.282 e. The summed E-state index contributed by atoms with van der Waals surface area (Å²) in [4.78, 5) is 14.5. The molecule has 0 unspecified atom stereocenters. The van der Waals surface area contributed by atoms with Gasteiger partial charge in [0.05, 0.1) is 12.2 Å². The number of carbonyl (C=O) groups is 1. The largest absolute Gasteiger partial charge is 0.373 e. The van der Waals surface area contributed by atoms with Gasteiger partial charge in [0.15, 0.2) is 0 Å². The highest BCUT2D eigenvalue weighted by Crippen LogP contribution is 2.26. The van der Waals surface area contributed by atoms with Crippen molar-refractivity contribution in [2.75, 3.05) is 39.3 Å². The fourth-order valence-corrected chi connectivity index (χ4v) is 5.98. The monoisotopic (exact) mass is 373 g/mol. The Morgan fingerprint density at radius 3 is 2.00 bits per heavy atom. The molecule has 1 aliphatic carbocycles. The molecule has 1 amide bonds. The number of ether oxygens (including phenoxy) is 1. The van der Waals surface area contributed by atoms with Crippen LogP contribution < -0.4 is 0 Å². The van der Waals surface area contributed by atoms with E-state index in [0.717, 1.165) is 25.7 Å². The molecule has 0 N–H and O–H groups in total. The van der Waals surface area contributed by atoms with Crippen LogP contribution in [0.3, 0.4) is 0 Å². The van der Waals surface area contributed by atoms with E-state index in [9.17, 15) is 13.2 Å². The van der Waals surface area contributed by atoms with Crippen LogP contribution in [0, 0.1) is 5.92 Å². The summed E-state index contributed by atoms with van der Waals surface area (Å²) >= 11 is 0. The molecule has 0 aromatic carbocycles. The Morgan fingerprint density at radius 2 is 1.44 bits per heavy atom. The minimum Gasteiger partial charge on any atom is -0.373 e. The van der Waals surface area contributed by atoms with Gasteiger partial charge in [-0.1, -0.05) is 19.3 Å². The van der Waals surface area contributed by atoms with Crippen molar-refractivity contribution < 1.29 is 17.9 Å². The maximum absolute atomic E-state index is 12.9. The number of nitrogens with zero attached hydrogens (tertiary/aromatic N) is 3. The molecule has 2 saturated heterocycles. The van der Waals surface area contributed by atoms with Crippen molar-refractivity contribution >= 4 is 16.1 Å². The zero-order chi connectivity index (χ0) is 18.0. The lowest BCUT2D eigenvalue weighted by Gasteiger charge is -2.41. The minimum atomic E-state index is -3.48. The molecule has 1 saturated carbocycles. The second-order valence-corrected chi connectivity index (χ2v) is 9.57. The third-order valence-electron chi connectivity index (χ3n) is 5.54. The number of amides is 1. The van der Waals surface area contributed by atoms with Crippen molar-refractivity contribution in [3.63, 3.8) is 0 Å². The molecular weight excluding hydrogens is 342 g/mol. The van der Waals surface area contributed by atoms with Crippen LogP contribution in [0.5, 0.6) is 0 Å². The van der Waals surface area contributed by atoms with E-state index in [2.05, 4.69) is 0 Å². The van der Waals surface area contributed by atoms with Gasteiger partial charge in [-0.2, -0.15) is 17.0 Å². The molecule has 2 heterocycles. The Hall–Kier alpha value is -0.700. The zero-order valence-electron chi connectivity index (χ0n) is 15.4. The first-order chi connectivity index (χ1) is 11.9. The van der Waals surface area contributed by atoms with E-state index in [1.54, 1.807) is 0 Å². The highest BCUT2D eigenvalue weighted by Gasteiger charge is 2.38. The highest BCUT2D eigenvalue weighted by atomic mass is 32.2. The van der Waals surface area contributed by atoms with Gasteiger partial charge in [-0.3, -0.25) is 4.79 Å². The first-order valence-corrected chi connectivity index (χ1v) is 11.0. The number of hydrogen-bond donors (Lipinski definition) is 0. The van der Waals surface area contributed by atoms with E-state index in [1.807, 2.05) is 18.7 Å². The Balaban J connectivity index is 1.56. The molecule has 2 atom stereocenters. The number of piperazine rings is 1. The summed E-state index contributed by atoms with van der Waals surface area (Å²) in [7, 11) is -3.48. The van der Waals surface area contributed by atoms with Crippen LogP contribution in [-0.2, 0) is 19.7 Å². The molecular formula is C17H31N3O4S. The van der Waals surface area contributed by atoms with Crippen LogP contribution in [0.1, 0.15) is 46.0 Å². The number of hydrogen-bond acceptors (Lipinski definition) is 4. The predicted molar refractivity (Wildman–Crippen MR) is 95.2 cm³/mol. The molecule has 8 heteroatoms. The first kappa shape index (κ1) is 19.1. The van der Waals surface area contributed by atoms with Gasteiger partial charge in [0.2, 0.25) is 5.91 Å². The summed E-state index contributed by atoms with van der Waals surface area (Å²) in [5.41, 5.74) is 0. The van der Waals surface area contributed by atoms with Crippen molar-refractivity contribution in [2.45, 2.75) is 58.2 Å². The Labute approximate surface area is 151 Å². The topological polar surface area (TPSA) is 70.2 Å². The maximum Gasteiger partial charge on any atom is 0.282 e. The Bertz CT molecular complexity index is 558. The van der Waals surface area contributed by atoms with Gasteiger partial charge in [0.1, 0.15) is 0 Å². The van der Waals surface area contributed by atoms with Crippen LogP contribution in [0.2, 0.25) is 0 Å². The average molecular weight is 374 g/mol. The normalized spacial score (nSPS) is 31.2. The van der Waals surface area contributed by atoms with Crippen molar-refractivity contribution in [2.24, 2.45) is 5.92 Å². The summed E-state index contributed by atoms with van der Waals surface area (Å²) < 4.78 is 34.5. The van der Waals surface area contributed by atoms with Gasteiger partial charge in [-0.15, -0.1) is 0 Å². The van der Waals surface area contributed by atoms with E-state index >= 15 is 0 Å². The molecule has 2 aliphatic heterocycles. The molecule has 0 bridgehead atoms. The van der Waals surface area contributed by atoms with Crippen molar-refractivity contribution in [3.8, 4) is 0 Å². The fraction of sp³-hybridized carbons (Fsp3) is 0.941. The fourth-order valence-electron chi connectivity index (χ4n) is 4.23. The van der Waals surface area contributed by atoms with Crippen LogP contribution >= 0.6 is 0 Å².